The number of aromatic nitrogens is 1. The summed E-state index contributed by atoms with van der Waals surface area (Å²) in [4.78, 5) is 12.7. The minimum Gasteiger partial charge on any atom is -0.359 e. The molecule has 0 spiro atoms. The number of hydrazine groups is 1. The molecule has 0 atom stereocenters. The fraction of sp³-hybridized carbons (Fsp3) is 0.333. The van der Waals surface area contributed by atoms with Gasteiger partial charge in [0.2, 0.25) is 0 Å². The number of fused-ring (bicyclic) bond motifs is 1. The van der Waals surface area contributed by atoms with E-state index in [2.05, 4.69) is 52.1 Å². The third-order valence-corrected chi connectivity index (χ3v) is 3.79. The lowest BCUT2D eigenvalue weighted by Crippen LogP contribution is -2.05. The van der Waals surface area contributed by atoms with Crippen molar-refractivity contribution >= 4 is 33.8 Å². The standard InChI is InChI=1S/C9H12N2.C9H9N.C6H8N2.C3H6O.3C2H6/c1-8(2)10-11-9-6-4-3-5-7-9;1-7-6-8-4-2-3-5-9(8)10-7;7-8-6-4-2-1-3-5-6;1-3(2)4;3*1-2/h3-7,11H,1-2H3;2-6,10H,1H3;1-5,8H,7H2;1-2H3;3*1-2H3. The van der Waals surface area contributed by atoms with Crippen LogP contribution in [-0.4, -0.2) is 16.5 Å². The Morgan fingerprint density at radius 2 is 1.10 bits per heavy atom. The molecule has 0 saturated carbocycles. The lowest BCUT2D eigenvalue weighted by Gasteiger charge is -1.98. The summed E-state index contributed by atoms with van der Waals surface area (Å²) in [7, 11) is 0. The summed E-state index contributed by atoms with van der Waals surface area (Å²) < 4.78 is 0. The molecule has 1 aromatic heterocycles. The molecule has 0 unspecified atom stereocenters. The van der Waals surface area contributed by atoms with E-state index in [1.54, 1.807) is 0 Å². The van der Waals surface area contributed by atoms with Crippen LogP contribution in [0.4, 0.5) is 11.4 Å². The number of rotatable bonds is 3. The maximum atomic E-state index is 9.44. The largest absolute Gasteiger partial charge is 0.359 e. The Labute approximate surface area is 238 Å². The predicted octanol–water partition coefficient (Wildman–Crippen LogP) is 9.62. The Kier molecular flexibility index (Phi) is 29.1. The van der Waals surface area contributed by atoms with Gasteiger partial charge in [0.1, 0.15) is 5.78 Å². The number of nitrogens with one attached hydrogen (secondary N) is 3. The van der Waals surface area contributed by atoms with Crippen molar-refractivity contribution < 1.29 is 4.79 Å². The zero-order valence-electron chi connectivity index (χ0n) is 26.1. The van der Waals surface area contributed by atoms with E-state index in [1.807, 2.05) is 122 Å². The molecule has 4 rings (SSSR count). The molecule has 6 nitrogen and oxygen atoms in total. The van der Waals surface area contributed by atoms with Gasteiger partial charge < -0.3 is 15.2 Å². The van der Waals surface area contributed by atoms with Crippen LogP contribution in [0.15, 0.2) is 96.1 Å². The van der Waals surface area contributed by atoms with E-state index in [4.69, 9.17) is 5.84 Å². The third-order valence-electron chi connectivity index (χ3n) is 3.79. The van der Waals surface area contributed by atoms with Gasteiger partial charge in [-0.05, 0) is 76.4 Å². The molecule has 0 aliphatic rings. The van der Waals surface area contributed by atoms with Gasteiger partial charge in [-0.1, -0.05) is 96.1 Å². The second-order valence-corrected chi connectivity index (χ2v) is 7.50. The van der Waals surface area contributed by atoms with Gasteiger partial charge in [0.05, 0.1) is 5.69 Å². The number of hydrazone groups is 1. The first kappa shape index (κ1) is 39.6. The van der Waals surface area contributed by atoms with Gasteiger partial charge in [-0.3, -0.25) is 11.3 Å². The summed E-state index contributed by atoms with van der Waals surface area (Å²) >= 11 is 0. The number of carbonyl (C=O) groups excluding carboxylic acids is 1. The van der Waals surface area contributed by atoms with Crippen molar-refractivity contribution in [1.29, 1.82) is 0 Å². The Hall–Kier alpha value is -3.90. The van der Waals surface area contributed by atoms with Gasteiger partial charge in [-0.2, -0.15) is 5.10 Å². The average Bonchev–Trinajstić information content (AvgIpc) is 3.37. The molecule has 39 heavy (non-hydrogen) atoms. The van der Waals surface area contributed by atoms with Crippen LogP contribution in [0.1, 0.15) is 74.9 Å². The molecular formula is C33H53N5O. The zero-order chi connectivity index (χ0) is 30.5. The number of benzene rings is 3. The molecule has 5 N–H and O–H groups in total. The van der Waals surface area contributed by atoms with Crippen molar-refractivity contribution in [2.45, 2.75) is 76.2 Å². The highest BCUT2D eigenvalue weighted by atomic mass is 16.1. The highest BCUT2D eigenvalue weighted by Crippen LogP contribution is 2.13. The van der Waals surface area contributed by atoms with Crippen LogP contribution in [0, 0.1) is 6.92 Å². The summed E-state index contributed by atoms with van der Waals surface area (Å²) in [5, 5.41) is 5.35. The van der Waals surface area contributed by atoms with Crippen LogP contribution in [0.2, 0.25) is 0 Å². The number of hydrogen-bond acceptors (Lipinski definition) is 5. The molecule has 4 aromatic rings. The summed E-state index contributed by atoms with van der Waals surface area (Å²) in [5.41, 5.74) is 10.9. The van der Waals surface area contributed by atoms with Crippen molar-refractivity contribution in [2.24, 2.45) is 10.9 Å². The number of nitrogens with zero attached hydrogens (tertiary/aromatic N) is 1. The van der Waals surface area contributed by atoms with Gasteiger partial charge >= 0.3 is 0 Å². The number of hydrogen-bond donors (Lipinski definition) is 4. The fourth-order valence-electron chi connectivity index (χ4n) is 2.44. The van der Waals surface area contributed by atoms with Crippen molar-refractivity contribution in [2.75, 3.05) is 10.9 Å². The highest BCUT2D eigenvalue weighted by molar-refractivity contribution is 5.80. The van der Waals surface area contributed by atoms with Crippen molar-refractivity contribution in [1.82, 2.24) is 4.98 Å². The van der Waals surface area contributed by atoms with Gasteiger partial charge in [0.25, 0.3) is 0 Å². The van der Waals surface area contributed by atoms with Crippen LogP contribution in [0.5, 0.6) is 0 Å². The Morgan fingerprint density at radius 1 is 0.692 bits per heavy atom. The molecule has 216 valence electrons. The zero-order valence-corrected chi connectivity index (χ0v) is 26.1. The number of nitrogens with two attached hydrogens (primary N) is 1. The van der Waals surface area contributed by atoms with Gasteiger partial charge in [0.15, 0.2) is 0 Å². The number of aromatic amines is 1. The smallest absolute Gasteiger partial charge is 0.126 e. The number of aryl methyl sites for hydroxylation is 1. The van der Waals surface area contributed by atoms with E-state index in [1.165, 1.54) is 30.4 Å². The van der Waals surface area contributed by atoms with Crippen LogP contribution in [-0.2, 0) is 4.79 Å². The number of nitrogen functional groups attached to an aromatic ring is 1. The molecule has 0 bridgehead atoms. The second kappa shape index (κ2) is 28.7. The third kappa shape index (κ3) is 24.2. The average molecular weight is 536 g/mol. The topological polar surface area (TPSA) is 95.3 Å². The molecule has 3 aromatic carbocycles. The lowest BCUT2D eigenvalue weighted by molar-refractivity contribution is -0.114. The Balaban J connectivity index is -0.000000431. The van der Waals surface area contributed by atoms with E-state index >= 15 is 0 Å². The first-order valence-electron chi connectivity index (χ1n) is 13.7. The first-order chi connectivity index (χ1) is 18.8. The number of ketones is 1. The molecule has 0 aliphatic carbocycles. The lowest BCUT2D eigenvalue weighted by atomic mass is 10.2. The number of para-hydroxylation sites is 3. The van der Waals surface area contributed by atoms with Crippen molar-refractivity contribution in [3.8, 4) is 0 Å². The van der Waals surface area contributed by atoms with Crippen LogP contribution in [0.3, 0.4) is 0 Å². The van der Waals surface area contributed by atoms with Crippen molar-refractivity contribution in [3.05, 3.63) is 96.7 Å². The minimum absolute atomic E-state index is 0.167. The number of Topliss-reactive ketones (excluding diaryl/α,β-unsaturated/α-hetero) is 1. The normalized spacial score (nSPS) is 8.10. The van der Waals surface area contributed by atoms with Crippen LogP contribution >= 0.6 is 0 Å². The van der Waals surface area contributed by atoms with E-state index in [0.29, 0.717) is 0 Å². The second-order valence-electron chi connectivity index (χ2n) is 7.50. The molecule has 1 heterocycles. The SMILES string of the molecule is CC.CC.CC.CC(C)=NNc1ccccc1.CC(C)=O.Cc1cc2ccccc2[nH]1.NNc1ccccc1. The number of anilines is 2. The summed E-state index contributed by atoms with van der Waals surface area (Å²) in [6, 6.07) is 29.9. The molecule has 0 aliphatic heterocycles. The number of H-pyrrole nitrogens is 1. The maximum Gasteiger partial charge on any atom is 0.126 e. The molecule has 6 heteroatoms. The fourth-order valence-corrected chi connectivity index (χ4v) is 2.44. The quantitative estimate of drug-likeness (QED) is 0.119. The van der Waals surface area contributed by atoms with E-state index < -0.39 is 0 Å². The monoisotopic (exact) mass is 535 g/mol. The molecular weight excluding hydrogens is 482 g/mol. The maximum absolute atomic E-state index is 9.44. The summed E-state index contributed by atoms with van der Waals surface area (Å²) in [6.45, 7) is 21.0. The molecule has 0 saturated heterocycles. The van der Waals surface area contributed by atoms with Gasteiger partial charge in [-0.15, -0.1) is 0 Å². The number of carbonyl (C=O) groups is 1. The van der Waals surface area contributed by atoms with E-state index in [9.17, 15) is 4.79 Å². The Bertz CT molecular complexity index is 1050. The van der Waals surface area contributed by atoms with Crippen LogP contribution in [0.25, 0.3) is 10.9 Å². The molecule has 0 amide bonds. The van der Waals surface area contributed by atoms with Gasteiger partial charge in [-0.25, -0.2) is 0 Å². The first-order valence-corrected chi connectivity index (χ1v) is 13.7. The Morgan fingerprint density at radius 3 is 1.49 bits per heavy atom. The summed E-state index contributed by atoms with van der Waals surface area (Å²) in [6.07, 6.45) is 0. The van der Waals surface area contributed by atoms with E-state index in [0.717, 1.165) is 17.1 Å². The predicted molar refractivity (Wildman–Crippen MR) is 177 cm³/mol. The highest BCUT2D eigenvalue weighted by Gasteiger charge is 1.92. The van der Waals surface area contributed by atoms with Crippen molar-refractivity contribution in [3.63, 3.8) is 0 Å². The van der Waals surface area contributed by atoms with Gasteiger partial charge in [0, 0.05) is 22.6 Å². The minimum atomic E-state index is 0.167. The van der Waals surface area contributed by atoms with Crippen LogP contribution < -0.4 is 16.7 Å². The van der Waals surface area contributed by atoms with E-state index in [-0.39, 0.29) is 5.78 Å². The summed E-state index contributed by atoms with van der Waals surface area (Å²) in [5.74, 6) is 5.27. The molecule has 0 fully saturated rings. The molecule has 0 radical (unpaired) electrons.